The molecule has 0 bridgehead atoms. The molecule has 0 spiro atoms. The minimum atomic E-state index is 0.0636. The zero-order chi connectivity index (χ0) is 13.8. The Kier molecular flexibility index (Phi) is 4.30. The van der Waals surface area contributed by atoms with Gasteiger partial charge in [-0.2, -0.15) is 0 Å². The number of nitrogen functional groups attached to an aromatic ring is 1. The first-order valence-electron chi connectivity index (χ1n) is 6.92. The maximum Gasteiger partial charge on any atom is 0.216 e. The summed E-state index contributed by atoms with van der Waals surface area (Å²) in [4.78, 5) is 13.3. The first-order chi connectivity index (χ1) is 9.06. The van der Waals surface area contributed by atoms with E-state index in [2.05, 4.69) is 28.4 Å². The van der Waals surface area contributed by atoms with Crippen molar-refractivity contribution in [2.24, 2.45) is 5.92 Å². The normalized spacial score (nSPS) is 16.4. The van der Waals surface area contributed by atoms with Crippen molar-refractivity contribution >= 4 is 17.3 Å². The van der Waals surface area contributed by atoms with E-state index >= 15 is 0 Å². The van der Waals surface area contributed by atoms with Gasteiger partial charge in [0.2, 0.25) is 5.91 Å². The molecule has 0 unspecified atom stereocenters. The number of hydrogen-bond acceptors (Lipinski definition) is 3. The van der Waals surface area contributed by atoms with Crippen LogP contribution in [-0.4, -0.2) is 25.5 Å². The highest BCUT2D eigenvalue weighted by Crippen LogP contribution is 2.25. The van der Waals surface area contributed by atoms with Crippen molar-refractivity contribution in [1.29, 1.82) is 0 Å². The Labute approximate surface area is 115 Å². The molecule has 1 aliphatic heterocycles. The molecule has 0 radical (unpaired) electrons. The Morgan fingerprint density at radius 3 is 2.68 bits per heavy atom. The second-order valence-electron chi connectivity index (χ2n) is 5.41. The van der Waals surface area contributed by atoms with Gasteiger partial charge in [0.1, 0.15) is 0 Å². The maximum atomic E-state index is 10.9. The predicted octanol–water partition coefficient (Wildman–Crippen LogP) is 1.93. The van der Waals surface area contributed by atoms with Crippen LogP contribution in [0, 0.1) is 12.8 Å². The third-order valence-corrected chi connectivity index (χ3v) is 3.88. The average Bonchev–Trinajstić information content (AvgIpc) is 2.40. The van der Waals surface area contributed by atoms with Gasteiger partial charge in [0.15, 0.2) is 0 Å². The fourth-order valence-electron chi connectivity index (χ4n) is 2.51. The fraction of sp³-hybridized carbons (Fsp3) is 0.533. The van der Waals surface area contributed by atoms with Gasteiger partial charge in [-0.1, -0.05) is 6.07 Å². The first-order valence-corrected chi connectivity index (χ1v) is 6.92. The Bertz CT molecular complexity index is 451. The number of amides is 1. The molecule has 0 atom stereocenters. The lowest BCUT2D eigenvalue weighted by atomic mass is 9.96. The molecule has 1 aliphatic rings. The highest BCUT2D eigenvalue weighted by Gasteiger charge is 2.19. The highest BCUT2D eigenvalue weighted by molar-refractivity contribution is 5.72. The summed E-state index contributed by atoms with van der Waals surface area (Å²) in [6, 6.07) is 6.28. The van der Waals surface area contributed by atoms with Crippen molar-refractivity contribution in [3.05, 3.63) is 23.8 Å². The molecule has 1 saturated heterocycles. The van der Waals surface area contributed by atoms with Crippen molar-refractivity contribution < 1.29 is 4.79 Å². The fourth-order valence-corrected chi connectivity index (χ4v) is 2.51. The molecular weight excluding hydrogens is 238 g/mol. The molecule has 1 amide bonds. The molecule has 2 rings (SSSR count). The molecule has 0 saturated carbocycles. The van der Waals surface area contributed by atoms with Crippen molar-refractivity contribution in [1.82, 2.24) is 5.32 Å². The number of hydrogen-bond donors (Lipinski definition) is 2. The van der Waals surface area contributed by atoms with Crippen LogP contribution >= 0.6 is 0 Å². The second-order valence-corrected chi connectivity index (χ2v) is 5.41. The Balaban J connectivity index is 1.88. The quantitative estimate of drug-likeness (QED) is 0.817. The molecule has 0 aromatic heterocycles. The predicted molar refractivity (Wildman–Crippen MR) is 79.2 cm³/mol. The minimum Gasteiger partial charge on any atom is -0.398 e. The molecule has 3 N–H and O–H groups in total. The number of piperidine rings is 1. The lowest BCUT2D eigenvalue weighted by Gasteiger charge is -2.33. The highest BCUT2D eigenvalue weighted by atomic mass is 16.1. The van der Waals surface area contributed by atoms with Crippen LogP contribution in [-0.2, 0) is 4.79 Å². The number of benzene rings is 1. The van der Waals surface area contributed by atoms with E-state index in [1.807, 2.05) is 6.92 Å². The topological polar surface area (TPSA) is 58.4 Å². The minimum absolute atomic E-state index is 0.0636. The van der Waals surface area contributed by atoms with E-state index in [1.54, 1.807) is 6.92 Å². The Morgan fingerprint density at radius 2 is 2.11 bits per heavy atom. The monoisotopic (exact) mass is 261 g/mol. The van der Waals surface area contributed by atoms with Crippen molar-refractivity contribution in [2.45, 2.75) is 26.7 Å². The van der Waals surface area contributed by atoms with Crippen molar-refractivity contribution in [3.8, 4) is 0 Å². The molecule has 1 heterocycles. The van der Waals surface area contributed by atoms with Crippen molar-refractivity contribution in [2.75, 3.05) is 30.3 Å². The largest absolute Gasteiger partial charge is 0.398 e. The van der Waals surface area contributed by atoms with Crippen LogP contribution in [0.5, 0.6) is 0 Å². The van der Waals surface area contributed by atoms with Gasteiger partial charge in [-0.3, -0.25) is 4.79 Å². The Morgan fingerprint density at radius 1 is 1.42 bits per heavy atom. The number of anilines is 2. The van der Waals surface area contributed by atoms with Gasteiger partial charge < -0.3 is 16.0 Å². The molecule has 4 nitrogen and oxygen atoms in total. The van der Waals surface area contributed by atoms with E-state index < -0.39 is 0 Å². The number of nitrogens with zero attached hydrogens (tertiary/aromatic N) is 1. The summed E-state index contributed by atoms with van der Waals surface area (Å²) in [5.41, 5.74) is 9.16. The summed E-state index contributed by atoms with van der Waals surface area (Å²) in [7, 11) is 0. The number of nitrogens with one attached hydrogen (secondary N) is 1. The molecular formula is C15H23N3O. The number of carbonyl (C=O) groups excluding carboxylic acids is 1. The maximum absolute atomic E-state index is 10.9. The van der Waals surface area contributed by atoms with Crippen LogP contribution in [0.4, 0.5) is 11.4 Å². The molecule has 104 valence electrons. The number of rotatable bonds is 3. The van der Waals surface area contributed by atoms with Gasteiger partial charge in [-0.05, 0) is 43.4 Å². The molecule has 1 aromatic carbocycles. The van der Waals surface area contributed by atoms with E-state index in [9.17, 15) is 4.79 Å². The number of nitrogens with two attached hydrogens (primary N) is 1. The molecule has 1 fully saturated rings. The lowest BCUT2D eigenvalue weighted by molar-refractivity contribution is -0.119. The van der Waals surface area contributed by atoms with Gasteiger partial charge in [-0.25, -0.2) is 0 Å². The van der Waals surface area contributed by atoms with Crippen LogP contribution in [0.1, 0.15) is 25.3 Å². The van der Waals surface area contributed by atoms with E-state index in [1.165, 1.54) is 5.69 Å². The SMILES string of the molecule is CC(=O)NCC1CCN(c2ccc(C)c(N)c2)CC1. The summed E-state index contributed by atoms with van der Waals surface area (Å²) in [6.07, 6.45) is 2.24. The number of aryl methyl sites for hydroxylation is 1. The van der Waals surface area contributed by atoms with E-state index in [0.717, 1.165) is 43.7 Å². The van der Waals surface area contributed by atoms with Gasteiger partial charge in [-0.15, -0.1) is 0 Å². The lowest BCUT2D eigenvalue weighted by Crippen LogP contribution is -2.38. The van der Waals surface area contributed by atoms with Gasteiger partial charge in [0.25, 0.3) is 0 Å². The van der Waals surface area contributed by atoms with Crippen LogP contribution < -0.4 is 16.0 Å². The van der Waals surface area contributed by atoms with E-state index in [-0.39, 0.29) is 5.91 Å². The standard InChI is InChI=1S/C15H23N3O/c1-11-3-4-14(9-15(11)16)18-7-5-13(6-8-18)10-17-12(2)19/h3-4,9,13H,5-8,10,16H2,1-2H3,(H,17,19). The van der Waals surface area contributed by atoms with Crippen LogP contribution in [0.2, 0.25) is 0 Å². The summed E-state index contributed by atoms with van der Waals surface area (Å²) >= 11 is 0. The van der Waals surface area contributed by atoms with Gasteiger partial charge in [0.05, 0.1) is 0 Å². The summed E-state index contributed by atoms with van der Waals surface area (Å²) in [5.74, 6) is 0.664. The molecule has 1 aromatic rings. The van der Waals surface area contributed by atoms with E-state index in [0.29, 0.717) is 5.92 Å². The van der Waals surface area contributed by atoms with Crippen LogP contribution in [0.15, 0.2) is 18.2 Å². The molecule has 0 aliphatic carbocycles. The Hall–Kier alpha value is -1.71. The van der Waals surface area contributed by atoms with E-state index in [4.69, 9.17) is 5.73 Å². The van der Waals surface area contributed by atoms with Crippen LogP contribution in [0.3, 0.4) is 0 Å². The summed E-state index contributed by atoms with van der Waals surface area (Å²) < 4.78 is 0. The van der Waals surface area contributed by atoms with Gasteiger partial charge in [0, 0.05) is 37.9 Å². The first kappa shape index (κ1) is 13.7. The molecule has 4 heteroatoms. The van der Waals surface area contributed by atoms with Gasteiger partial charge >= 0.3 is 0 Å². The third kappa shape index (κ3) is 3.63. The average molecular weight is 261 g/mol. The second kappa shape index (κ2) is 5.95. The van der Waals surface area contributed by atoms with Crippen molar-refractivity contribution in [3.63, 3.8) is 0 Å². The smallest absolute Gasteiger partial charge is 0.216 e. The van der Waals surface area contributed by atoms with Crippen LogP contribution in [0.25, 0.3) is 0 Å². The third-order valence-electron chi connectivity index (χ3n) is 3.88. The number of carbonyl (C=O) groups is 1. The zero-order valence-corrected chi connectivity index (χ0v) is 11.8. The zero-order valence-electron chi connectivity index (χ0n) is 11.8. The summed E-state index contributed by atoms with van der Waals surface area (Å²) in [5, 5.41) is 2.91. The molecule has 19 heavy (non-hydrogen) atoms. The summed E-state index contributed by atoms with van der Waals surface area (Å²) in [6.45, 7) is 6.47.